The van der Waals surface area contributed by atoms with Crippen molar-refractivity contribution in [3.05, 3.63) is 0 Å². The molecule has 2 heterocycles. The van der Waals surface area contributed by atoms with Gasteiger partial charge in [0.15, 0.2) is 0 Å². The Morgan fingerprint density at radius 2 is 2.42 bits per heavy atom. The van der Waals surface area contributed by atoms with Crippen LogP contribution in [-0.4, -0.2) is 47.8 Å². The number of hydrogen-bond donors (Lipinski definition) is 1. The number of ether oxygens (including phenoxy) is 1. The lowest BCUT2D eigenvalue weighted by Gasteiger charge is -2.33. The highest BCUT2D eigenvalue weighted by atomic mass is 16.5. The van der Waals surface area contributed by atoms with Crippen LogP contribution in [0.4, 0.5) is 0 Å². The molecule has 0 bridgehead atoms. The Hall–Kier alpha value is -0.610. The van der Waals surface area contributed by atoms with Crippen LogP contribution in [0.25, 0.3) is 0 Å². The van der Waals surface area contributed by atoms with Gasteiger partial charge in [0.2, 0.25) is 5.91 Å². The normalized spacial score (nSPS) is 35.4. The highest BCUT2D eigenvalue weighted by molar-refractivity contribution is 5.79. The summed E-state index contributed by atoms with van der Waals surface area (Å²) in [5.74, 6) is 0.0304. The van der Waals surface area contributed by atoms with Crippen molar-refractivity contribution in [2.45, 2.75) is 24.9 Å². The van der Waals surface area contributed by atoms with E-state index in [1.807, 2.05) is 0 Å². The zero-order chi connectivity index (χ0) is 8.55. The maximum Gasteiger partial charge on any atom is 0.249 e. The van der Waals surface area contributed by atoms with Gasteiger partial charge in [0.1, 0.15) is 6.61 Å². The zero-order valence-electron chi connectivity index (χ0n) is 6.90. The Bertz CT molecular complexity index is 189. The summed E-state index contributed by atoms with van der Waals surface area (Å²) in [6, 6.07) is 0.273. The van der Waals surface area contributed by atoms with Crippen LogP contribution >= 0.6 is 0 Å². The van der Waals surface area contributed by atoms with Crippen molar-refractivity contribution < 1.29 is 14.6 Å². The molecule has 1 N–H and O–H groups in total. The van der Waals surface area contributed by atoms with E-state index in [-0.39, 0.29) is 31.2 Å². The highest BCUT2D eigenvalue weighted by Crippen LogP contribution is 2.26. The molecule has 1 amide bonds. The number of aliphatic hydroxyl groups excluding tert-OH is 1. The summed E-state index contributed by atoms with van der Waals surface area (Å²) >= 11 is 0. The van der Waals surface area contributed by atoms with Crippen LogP contribution in [0, 0.1) is 0 Å². The molecule has 2 saturated heterocycles. The Kier molecular flexibility index (Phi) is 2.02. The predicted octanol–water partition coefficient (Wildman–Crippen LogP) is -0.632. The summed E-state index contributed by atoms with van der Waals surface area (Å²) < 4.78 is 5.12. The summed E-state index contributed by atoms with van der Waals surface area (Å²) in [4.78, 5) is 13.1. The molecule has 2 atom stereocenters. The van der Waals surface area contributed by atoms with E-state index < -0.39 is 0 Å². The van der Waals surface area contributed by atoms with Gasteiger partial charge in [-0.25, -0.2) is 0 Å². The molecule has 0 unspecified atom stereocenters. The molecule has 0 radical (unpaired) electrons. The third-order valence-electron chi connectivity index (χ3n) is 2.65. The fraction of sp³-hybridized carbons (Fsp3) is 0.875. The third kappa shape index (κ3) is 1.11. The van der Waals surface area contributed by atoms with E-state index >= 15 is 0 Å². The van der Waals surface area contributed by atoms with E-state index in [4.69, 9.17) is 9.84 Å². The molecule has 0 spiro atoms. The summed E-state index contributed by atoms with van der Waals surface area (Å²) in [5.41, 5.74) is 0. The second kappa shape index (κ2) is 3.03. The van der Waals surface area contributed by atoms with Gasteiger partial charge >= 0.3 is 0 Å². The van der Waals surface area contributed by atoms with Crippen LogP contribution in [0.15, 0.2) is 0 Å². The molecule has 2 fully saturated rings. The number of nitrogens with zero attached hydrogens (tertiary/aromatic N) is 1. The van der Waals surface area contributed by atoms with Crippen LogP contribution in [0.5, 0.6) is 0 Å². The van der Waals surface area contributed by atoms with Crippen molar-refractivity contribution in [1.29, 1.82) is 0 Å². The smallest absolute Gasteiger partial charge is 0.249 e. The average molecular weight is 171 g/mol. The van der Waals surface area contributed by atoms with Crippen LogP contribution in [0.2, 0.25) is 0 Å². The summed E-state index contributed by atoms with van der Waals surface area (Å²) in [6.07, 6.45) is 1.88. The molecule has 0 aromatic heterocycles. The Balaban J connectivity index is 2.11. The molecular weight excluding hydrogens is 158 g/mol. The number of fused-ring (bicyclic) bond motifs is 1. The Morgan fingerprint density at radius 1 is 1.58 bits per heavy atom. The van der Waals surface area contributed by atoms with E-state index in [0.717, 1.165) is 12.8 Å². The highest BCUT2D eigenvalue weighted by Gasteiger charge is 2.38. The van der Waals surface area contributed by atoms with Gasteiger partial charge in [-0.2, -0.15) is 0 Å². The van der Waals surface area contributed by atoms with Crippen molar-refractivity contribution in [3.63, 3.8) is 0 Å². The lowest BCUT2D eigenvalue weighted by Crippen LogP contribution is -2.50. The topological polar surface area (TPSA) is 49.8 Å². The number of rotatable bonds is 1. The SMILES string of the molecule is O=C1COC[C@H]2CC[C@H](CO)N12. The standard InChI is InChI=1S/C8H13NO3/c10-3-6-1-2-7-4-12-5-8(11)9(6)7/h6-7,10H,1-5H2/t6-,7-/m1/s1. The van der Waals surface area contributed by atoms with E-state index in [1.54, 1.807) is 4.90 Å². The summed E-state index contributed by atoms with van der Waals surface area (Å²) in [7, 11) is 0. The van der Waals surface area contributed by atoms with Gasteiger partial charge in [-0.05, 0) is 12.8 Å². The van der Waals surface area contributed by atoms with Crippen LogP contribution in [0.1, 0.15) is 12.8 Å². The molecule has 2 aliphatic rings. The number of hydrogen-bond acceptors (Lipinski definition) is 3. The number of aliphatic hydroxyl groups is 1. The molecule has 0 aromatic carbocycles. The van der Waals surface area contributed by atoms with Crippen LogP contribution in [0.3, 0.4) is 0 Å². The van der Waals surface area contributed by atoms with Gasteiger partial charge in [0.25, 0.3) is 0 Å². The first-order chi connectivity index (χ1) is 5.83. The molecule has 0 saturated carbocycles. The van der Waals surface area contributed by atoms with E-state index in [9.17, 15) is 4.79 Å². The van der Waals surface area contributed by atoms with Crippen molar-refractivity contribution >= 4 is 5.91 Å². The minimum Gasteiger partial charge on any atom is -0.394 e. The average Bonchev–Trinajstić information content (AvgIpc) is 2.49. The molecule has 0 aliphatic carbocycles. The number of carbonyl (C=O) groups excluding carboxylic acids is 1. The molecule has 2 rings (SSSR count). The maximum atomic E-state index is 11.3. The Morgan fingerprint density at radius 3 is 3.17 bits per heavy atom. The monoisotopic (exact) mass is 171 g/mol. The Labute approximate surface area is 71.1 Å². The van der Waals surface area contributed by atoms with Crippen molar-refractivity contribution in [2.24, 2.45) is 0 Å². The second-order valence-electron chi connectivity index (χ2n) is 3.38. The predicted molar refractivity (Wildman–Crippen MR) is 41.6 cm³/mol. The largest absolute Gasteiger partial charge is 0.394 e. The van der Waals surface area contributed by atoms with Gasteiger partial charge in [0.05, 0.1) is 25.3 Å². The van der Waals surface area contributed by atoms with Crippen molar-refractivity contribution in [1.82, 2.24) is 4.90 Å². The molecule has 12 heavy (non-hydrogen) atoms. The zero-order valence-corrected chi connectivity index (χ0v) is 6.90. The second-order valence-corrected chi connectivity index (χ2v) is 3.38. The van der Waals surface area contributed by atoms with Gasteiger partial charge in [-0.3, -0.25) is 4.79 Å². The quantitative estimate of drug-likeness (QED) is 0.571. The number of morpholine rings is 1. The summed E-state index contributed by atoms with van der Waals surface area (Å²) in [6.45, 7) is 0.914. The van der Waals surface area contributed by atoms with Gasteiger partial charge in [0, 0.05) is 0 Å². The van der Waals surface area contributed by atoms with Gasteiger partial charge in [-0.15, -0.1) is 0 Å². The van der Waals surface area contributed by atoms with Crippen LogP contribution < -0.4 is 0 Å². The van der Waals surface area contributed by atoms with Crippen molar-refractivity contribution in [3.8, 4) is 0 Å². The van der Waals surface area contributed by atoms with Crippen molar-refractivity contribution in [2.75, 3.05) is 19.8 Å². The molecule has 68 valence electrons. The minimum absolute atomic E-state index is 0.0304. The van der Waals surface area contributed by atoms with E-state index in [1.165, 1.54) is 0 Å². The molecule has 2 aliphatic heterocycles. The molecule has 4 heteroatoms. The first-order valence-corrected chi connectivity index (χ1v) is 4.32. The molecule has 4 nitrogen and oxygen atoms in total. The van der Waals surface area contributed by atoms with E-state index in [2.05, 4.69) is 0 Å². The lowest BCUT2D eigenvalue weighted by molar-refractivity contribution is -0.148. The number of amides is 1. The van der Waals surface area contributed by atoms with Gasteiger partial charge in [-0.1, -0.05) is 0 Å². The summed E-state index contributed by atoms with van der Waals surface area (Å²) in [5, 5.41) is 8.99. The maximum absolute atomic E-state index is 11.3. The first kappa shape index (κ1) is 8.01. The minimum atomic E-state index is 0.0304. The fourth-order valence-corrected chi connectivity index (χ4v) is 2.07. The first-order valence-electron chi connectivity index (χ1n) is 4.32. The third-order valence-corrected chi connectivity index (χ3v) is 2.65. The molecule has 0 aromatic rings. The molecular formula is C8H13NO3. The van der Waals surface area contributed by atoms with E-state index in [0.29, 0.717) is 6.61 Å². The van der Waals surface area contributed by atoms with Gasteiger partial charge < -0.3 is 14.7 Å². The lowest BCUT2D eigenvalue weighted by atomic mass is 10.2. The fourth-order valence-electron chi connectivity index (χ4n) is 2.07. The number of carbonyl (C=O) groups is 1. The van der Waals surface area contributed by atoms with Crippen LogP contribution in [-0.2, 0) is 9.53 Å².